The van der Waals surface area contributed by atoms with Gasteiger partial charge < -0.3 is 10.4 Å². The van der Waals surface area contributed by atoms with Crippen molar-refractivity contribution in [3.63, 3.8) is 0 Å². The van der Waals surface area contributed by atoms with Crippen molar-refractivity contribution in [1.82, 2.24) is 5.32 Å². The molecule has 2 nitrogen and oxygen atoms in total. The molecule has 0 spiro atoms. The van der Waals surface area contributed by atoms with Gasteiger partial charge in [0.2, 0.25) is 0 Å². The molecule has 1 unspecified atom stereocenters. The molecule has 0 saturated heterocycles. The zero-order valence-corrected chi connectivity index (χ0v) is 7.34. The second-order valence-electron chi connectivity index (χ2n) is 2.76. The van der Waals surface area contributed by atoms with E-state index in [0.29, 0.717) is 12.6 Å². The van der Waals surface area contributed by atoms with Gasteiger partial charge >= 0.3 is 0 Å². The summed E-state index contributed by atoms with van der Waals surface area (Å²) in [6.45, 7) is 7.09. The highest BCUT2D eigenvalue weighted by Crippen LogP contribution is 1.92. The van der Waals surface area contributed by atoms with Crippen molar-refractivity contribution in [2.45, 2.75) is 32.2 Å². The molecular weight excluding hydrogens is 138 g/mol. The van der Waals surface area contributed by atoms with E-state index in [-0.39, 0.29) is 0 Å². The Bertz CT molecular complexity index is 93.6. The lowest BCUT2D eigenvalue weighted by Gasteiger charge is -2.07. The molecule has 0 aromatic rings. The van der Waals surface area contributed by atoms with Crippen LogP contribution in [0, 0.1) is 0 Å². The number of unbranched alkanes of at least 4 members (excludes halogenated alkanes) is 2. The standard InChI is InChI=1S/C9H19NO/c1-3-9(2)10-7-5-4-6-8-11/h3,9-11H,1,4-8H2,2H3. The summed E-state index contributed by atoms with van der Waals surface area (Å²) in [5.74, 6) is 0. The molecule has 0 fully saturated rings. The number of hydrogen-bond acceptors (Lipinski definition) is 2. The Balaban J connectivity index is 2.95. The highest BCUT2D eigenvalue weighted by atomic mass is 16.2. The number of hydrogen-bond donors (Lipinski definition) is 2. The van der Waals surface area contributed by atoms with Crippen LogP contribution in [0.25, 0.3) is 0 Å². The van der Waals surface area contributed by atoms with Gasteiger partial charge in [0.1, 0.15) is 0 Å². The van der Waals surface area contributed by atoms with Crippen LogP contribution in [0.15, 0.2) is 12.7 Å². The minimum Gasteiger partial charge on any atom is -0.396 e. The molecule has 0 bridgehead atoms. The van der Waals surface area contributed by atoms with E-state index in [2.05, 4.69) is 18.8 Å². The van der Waals surface area contributed by atoms with Crippen LogP contribution >= 0.6 is 0 Å². The van der Waals surface area contributed by atoms with Crippen LogP contribution in [-0.2, 0) is 0 Å². The van der Waals surface area contributed by atoms with E-state index in [0.717, 1.165) is 25.8 Å². The van der Waals surface area contributed by atoms with Crippen LogP contribution in [0.1, 0.15) is 26.2 Å². The van der Waals surface area contributed by atoms with Crippen molar-refractivity contribution in [2.24, 2.45) is 0 Å². The lowest BCUT2D eigenvalue weighted by Crippen LogP contribution is -2.24. The van der Waals surface area contributed by atoms with E-state index >= 15 is 0 Å². The highest BCUT2D eigenvalue weighted by Gasteiger charge is 1.92. The Morgan fingerprint density at radius 1 is 1.45 bits per heavy atom. The van der Waals surface area contributed by atoms with E-state index in [4.69, 9.17) is 5.11 Å². The Hall–Kier alpha value is -0.340. The Kier molecular flexibility index (Phi) is 7.52. The summed E-state index contributed by atoms with van der Waals surface area (Å²) in [4.78, 5) is 0. The monoisotopic (exact) mass is 157 g/mol. The van der Waals surface area contributed by atoms with Crippen molar-refractivity contribution in [3.8, 4) is 0 Å². The summed E-state index contributed by atoms with van der Waals surface area (Å²) in [5.41, 5.74) is 0. The van der Waals surface area contributed by atoms with E-state index in [1.54, 1.807) is 0 Å². The Morgan fingerprint density at radius 3 is 2.73 bits per heavy atom. The molecule has 0 heterocycles. The molecular formula is C9H19NO. The first kappa shape index (κ1) is 10.7. The van der Waals surface area contributed by atoms with Crippen LogP contribution < -0.4 is 5.32 Å². The first-order valence-electron chi connectivity index (χ1n) is 4.28. The van der Waals surface area contributed by atoms with Crippen LogP contribution in [0.5, 0.6) is 0 Å². The van der Waals surface area contributed by atoms with Crippen LogP contribution in [0.2, 0.25) is 0 Å². The fraction of sp³-hybridized carbons (Fsp3) is 0.778. The average Bonchev–Trinajstić information content (AvgIpc) is 2.04. The van der Waals surface area contributed by atoms with Gasteiger partial charge in [0.05, 0.1) is 0 Å². The van der Waals surface area contributed by atoms with Crippen molar-refractivity contribution < 1.29 is 5.11 Å². The molecule has 11 heavy (non-hydrogen) atoms. The summed E-state index contributed by atoms with van der Waals surface area (Å²) in [6.07, 6.45) is 5.06. The third-order valence-electron chi connectivity index (χ3n) is 1.65. The number of aliphatic hydroxyl groups excluding tert-OH is 1. The van der Waals surface area contributed by atoms with Crippen molar-refractivity contribution in [2.75, 3.05) is 13.2 Å². The van der Waals surface area contributed by atoms with E-state index in [9.17, 15) is 0 Å². The zero-order valence-electron chi connectivity index (χ0n) is 7.34. The van der Waals surface area contributed by atoms with Crippen LogP contribution in [-0.4, -0.2) is 24.3 Å². The van der Waals surface area contributed by atoms with Gasteiger partial charge in [-0.25, -0.2) is 0 Å². The quantitative estimate of drug-likeness (QED) is 0.431. The molecule has 0 aliphatic rings. The van der Waals surface area contributed by atoms with E-state index in [1.165, 1.54) is 0 Å². The van der Waals surface area contributed by atoms with Crippen molar-refractivity contribution in [3.05, 3.63) is 12.7 Å². The fourth-order valence-corrected chi connectivity index (χ4v) is 0.827. The third-order valence-corrected chi connectivity index (χ3v) is 1.65. The van der Waals surface area contributed by atoms with E-state index < -0.39 is 0 Å². The summed E-state index contributed by atoms with van der Waals surface area (Å²) >= 11 is 0. The van der Waals surface area contributed by atoms with Crippen LogP contribution in [0.4, 0.5) is 0 Å². The molecule has 0 radical (unpaired) electrons. The molecule has 0 rings (SSSR count). The minimum atomic E-state index is 0.316. The maximum Gasteiger partial charge on any atom is 0.0431 e. The summed E-state index contributed by atoms with van der Waals surface area (Å²) in [6, 6.07) is 0.407. The highest BCUT2D eigenvalue weighted by molar-refractivity contribution is 4.80. The smallest absolute Gasteiger partial charge is 0.0431 e. The first-order chi connectivity index (χ1) is 5.31. The second-order valence-corrected chi connectivity index (χ2v) is 2.76. The van der Waals surface area contributed by atoms with Gasteiger partial charge in [0, 0.05) is 12.6 Å². The molecule has 0 aromatic heterocycles. The molecule has 0 aliphatic carbocycles. The largest absolute Gasteiger partial charge is 0.396 e. The van der Waals surface area contributed by atoms with Crippen LogP contribution in [0.3, 0.4) is 0 Å². The number of aliphatic hydroxyl groups is 1. The van der Waals surface area contributed by atoms with E-state index in [1.807, 2.05) is 6.08 Å². The van der Waals surface area contributed by atoms with Gasteiger partial charge in [-0.1, -0.05) is 6.08 Å². The molecule has 0 saturated carbocycles. The molecule has 0 aromatic carbocycles. The predicted octanol–water partition coefficient (Wildman–Crippen LogP) is 1.31. The minimum absolute atomic E-state index is 0.316. The molecule has 0 amide bonds. The topological polar surface area (TPSA) is 32.3 Å². The maximum absolute atomic E-state index is 8.48. The average molecular weight is 157 g/mol. The fourth-order valence-electron chi connectivity index (χ4n) is 0.827. The number of nitrogens with one attached hydrogen (secondary N) is 1. The lowest BCUT2D eigenvalue weighted by molar-refractivity contribution is 0.282. The normalized spacial score (nSPS) is 12.9. The molecule has 2 N–H and O–H groups in total. The summed E-state index contributed by atoms with van der Waals surface area (Å²) < 4.78 is 0. The predicted molar refractivity (Wildman–Crippen MR) is 48.6 cm³/mol. The molecule has 1 atom stereocenters. The molecule has 2 heteroatoms. The van der Waals surface area contributed by atoms with Gasteiger partial charge in [-0.05, 0) is 32.7 Å². The first-order valence-corrected chi connectivity index (χ1v) is 4.28. The van der Waals surface area contributed by atoms with Gasteiger partial charge in [-0.15, -0.1) is 6.58 Å². The summed E-state index contributed by atoms with van der Waals surface area (Å²) in [7, 11) is 0. The van der Waals surface area contributed by atoms with Gasteiger partial charge in [-0.3, -0.25) is 0 Å². The van der Waals surface area contributed by atoms with Crippen molar-refractivity contribution in [1.29, 1.82) is 0 Å². The van der Waals surface area contributed by atoms with Gasteiger partial charge in [0.25, 0.3) is 0 Å². The summed E-state index contributed by atoms with van der Waals surface area (Å²) in [5, 5.41) is 11.8. The molecule has 0 aliphatic heterocycles. The van der Waals surface area contributed by atoms with Gasteiger partial charge in [-0.2, -0.15) is 0 Å². The third kappa shape index (κ3) is 7.56. The second kappa shape index (κ2) is 7.76. The molecule has 66 valence electrons. The Morgan fingerprint density at radius 2 is 2.18 bits per heavy atom. The number of rotatable bonds is 7. The Labute approximate surface area is 69.3 Å². The SMILES string of the molecule is C=CC(C)NCCCCCO. The lowest BCUT2D eigenvalue weighted by atomic mass is 10.2. The van der Waals surface area contributed by atoms with Gasteiger partial charge in [0.15, 0.2) is 0 Å². The maximum atomic E-state index is 8.48. The van der Waals surface area contributed by atoms with Crippen molar-refractivity contribution >= 4 is 0 Å². The zero-order chi connectivity index (χ0) is 8.53.